The molecule has 4 rings (SSSR count). The van der Waals surface area contributed by atoms with Crippen LogP contribution in [-0.2, 0) is 13.5 Å². The minimum Gasteiger partial charge on any atom is -0.320 e. The molecule has 35 heavy (non-hydrogen) atoms. The standard InChI is InChI=1S/C27H24N4O3S/c1-5-20-14-28-27(35-20)26(34)29-23-11-7-10-22(17(23)3)21-9-6-8-18(16(21)2)12-25(33)24-13-19(15-32)31(4)30-24/h5-11,13-15H,1,12H2,2-4H3,(H,29,34). The van der Waals surface area contributed by atoms with Crippen LogP contribution >= 0.6 is 11.3 Å². The molecule has 1 amide bonds. The highest BCUT2D eigenvalue weighted by molar-refractivity contribution is 7.14. The maximum Gasteiger partial charge on any atom is 0.284 e. The maximum absolute atomic E-state index is 12.8. The third-order valence-corrected chi connectivity index (χ3v) is 6.90. The van der Waals surface area contributed by atoms with Crippen LogP contribution in [0.1, 0.15) is 52.3 Å². The molecule has 0 fully saturated rings. The SMILES string of the molecule is C=Cc1cnc(C(=O)Nc2cccc(-c3cccc(CC(=O)c4cc(C=O)n(C)n4)c3C)c2C)s1. The summed E-state index contributed by atoms with van der Waals surface area (Å²) in [5, 5.41) is 7.48. The van der Waals surface area contributed by atoms with Gasteiger partial charge in [-0.15, -0.1) is 11.3 Å². The second kappa shape index (κ2) is 9.99. The third-order valence-electron chi connectivity index (χ3n) is 5.91. The first-order valence-corrected chi connectivity index (χ1v) is 11.7. The van der Waals surface area contributed by atoms with Crippen molar-refractivity contribution in [1.82, 2.24) is 14.8 Å². The molecule has 0 unspecified atom stereocenters. The van der Waals surface area contributed by atoms with Crippen LogP contribution in [0.2, 0.25) is 0 Å². The molecule has 0 saturated heterocycles. The number of carbonyl (C=O) groups excluding carboxylic acids is 3. The van der Waals surface area contributed by atoms with E-state index in [2.05, 4.69) is 22.0 Å². The van der Waals surface area contributed by atoms with Gasteiger partial charge in [0.15, 0.2) is 17.1 Å². The van der Waals surface area contributed by atoms with Gasteiger partial charge in [-0.1, -0.05) is 43.0 Å². The van der Waals surface area contributed by atoms with E-state index in [4.69, 9.17) is 0 Å². The molecule has 0 aliphatic carbocycles. The van der Waals surface area contributed by atoms with Crippen LogP contribution in [0.3, 0.4) is 0 Å². The van der Waals surface area contributed by atoms with E-state index in [0.717, 1.165) is 32.7 Å². The summed E-state index contributed by atoms with van der Waals surface area (Å²) in [4.78, 5) is 41.6. The lowest BCUT2D eigenvalue weighted by Crippen LogP contribution is -2.12. The summed E-state index contributed by atoms with van der Waals surface area (Å²) < 4.78 is 1.40. The first kappa shape index (κ1) is 24.0. The molecule has 2 aromatic carbocycles. The van der Waals surface area contributed by atoms with Crippen LogP contribution in [0.25, 0.3) is 17.2 Å². The van der Waals surface area contributed by atoms with E-state index in [1.807, 2.05) is 50.2 Å². The topological polar surface area (TPSA) is 94.0 Å². The Balaban J connectivity index is 1.61. The van der Waals surface area contributed by atoms with Gasteiger partial charge in [0.05, 0.1) is 0 Å². The molecule has 4 aromatic rings. The van der Waals surface area contributed by atoms with Gasteiger partial charge in [0.1, 0.15) is 11.4 Å². The Hall–Kier alpha value is -4.17. The number of ketones is 1. The van der Waals surface area contributed by atoms with Gasteiger partial charge in [0.25, 0.3) is 5.91 Å². The van der Waals surface area contributed by atoms with Crippen LogP contribution in [0.4, 0.5) is 5.69 Å². The Kier molecular flexibility index (Phi) is 6.84. The van der Waals surface area contributed by atoms with Gasteiger partial charge in [0, 0.05) is 30.2 Å². The molecule has 1 N–H and O–H groups in total. The van der Waals surface area contributed by atoms with Gasteiger partial charge in [-0.2, -0.15) is 5.10 Å². The number of thiazole rings is 1. The Morgan fingerprint density at radius 2 is 1.83 bits per heavy atom. The Morgan fingerprint density at radius 1 is 1.11 bits per heavy atom. The number of aromatic nitrogens is 3. The Morgan fingerprint density at radius 3 is 2.49 bits per heavy atom. The van der Waals surface area contributed by atoms with Gasteiger partial charge in [-0.25, -0.2) is 4.98 Å². The number of nitrogens with zero attached hydrogens (tertiary/aromatic N) is 3. The van der Waals surface area contributed by atoms with E-state index in [9.17, 15) is 14.4 Å². The zero-order valence-electron chi connectivity index (χ0n) is 19.7. The van der Waals surface area contributed by atoms with Crippen molar-refractivity contribution in [3.05, 3.63) is 93.2 Å². The summed E-state index contributed by atoms with van der Waals surface area (Å²) in [6.07, 6.45) is 4.13. The van der Waals surface area contributed by atoms with Gasteiger partial charge in [-0.3, -0.25) is 19.1 Å². The quantitative estimate of drug-likeness (QED) is 0.271. The molecule has 0 atom stereocenters. The zero-order valence-corrected chi connectivity index (χ0v) is 20.5. The molecular weight excluding hydrogens is 460 g/mol. The zero-order chi connectivity index (χ0) is 25.1. The number of Topliss-reactive ketones (excluding diaryl/α,β-unsaturated/α-hetero) is 1. The smallest absolute Gasteiger partial charge is 0.284 e. The number of amides is 1. The number of hydrogen-bond donors (Lipinski definition) is 1. The minimum atomic E-state index is -0.274. The summed E-state index contributed by atoms with van der Waals surface area (Å²) in [5.74, 6) is -0.432. The highest BCUT2D eigenvalue weighted by Crippen LogP contribution is 2.33. The lowest BCUT2D eigenvalue weighted by Gasteiger charge is -2.16. The maximum atomic E-state index is 12.8. The van der Waals surface area contributed by atoms with E-state index < -0.39 is 0 Å². The van der Waals surface area contributed by atoms with Crippen molar-refractivity contribution in [1.29, 1.82) is 0 Å². The van der Waals surface area contributed by atoms with Gasteiger partial charge in [0.2, 0.25) is 0 Å². The van der Waals surface area contributed by atoms with Crippen molar-refractivity contribution in [2.45, 2.75) is 20.3 Å². The van der Waals surface area contributed by atoms with Gasteiger partial charge in [-0.05, 0) is 53.8 Å². The number of carbonyl (C=O) groups is 3. The molecule has 0 aliphatic heterocycles. The van der Waals surface area contributed by atoms with Crippen LogP contribution in [0.5, 0.6) is 0 Å². The molecule has 2 aromatic heterocycles. The van der Waals surface area contributed by atoms with E-state index in [0.29, 0.717) is 22.7 Å². The predicted molar refractivity (Wildman–Crippen MR) is 138 cm³/mol. The molecule has 0 saturated carbocycles. The van der Waals surface area contributed by atoms with E-state index in [1.54, 1.807) is 19.3 Å². The monoisotopic (exact) mass is 484 g/mol. The lowest BCUT2D eigenvalue weighted by atomic mass is 9.91. The number of anilines is 1. The summed E-state index contributed by atoms with van der Waals surface area (Å²) in [7, 11) is 1.63. The molecule has 7 nitrogen and oxygen atoms in total. The van der Waals surface area contributed by atoms with Crippen molar-refractivity contribution in [2.24, 2.45) is 7.05 Å². The normalized spacial score (nSPS) is 10.7. The highest BCUT2D eigenvalue weighted by Gasteiger charge is 2.18. The second-order valence-electron chi connectivity index (χ2n) is 8.09. The summed E-state index contributed by atoms with van der Waals surface area (Å²) in [5.41, 5.74) is 6.00. The van der Waals surface area contributed by atoms with Crippen LogP contribution < -0.4 is 5.32 Å². The number of hydrogen-bond acceptors (Lipinski definition) is 6. The van der Waals surface area contributed by atoms with Crippen molar-refractivity contribution in [2.75, 3.05) is 5.32 Å². The minimum absolute atomic E-state index is 0.158. The molecule has 8 heteroatoms. The predicted octanol–water partition coefficient (Wildman–Crippen LogP) is 5.29. The van der Waals surface area contributed by atoms with Crippen molar-refractivity contribution in [3.8, 4) is 11.1 Å². The number of rotatable bonds is 8. The lowest BCUT2D eigenvalue weighted by molar-refractivity contribution is 0.0985. The number of aryl methyl sites for hydroxylation is 1. The molecule has 0 aliphatic rings. The molecule has 2 heterocycles. The number of aldehydes is 1. The number of nitrogens with one attached hydrogen (secondary N) is 1. The van der Waals surface area contributed by atoms with E-state index in [-0.39, 0.29) is 23.8 Å². The second-order valence-corrected chi connectivity index (χ2v) is 9.15. The molecule has 0 radical (unpaired) electrons. The molecule has 176 valence electrons. The van der Waals surface area contributed by atoms with Crippen LogP contribution in [0, 0.1) is 13.8 Å². The molecular formula is C27H24N4O3S. The summed E-state index contributed by atoms with van der Waals surface area (Å²) in [6.45, 7) is 7.63. The third kappa shape index (κ3) is 4.88. The molecule has 0 spiro atoms. The first-order chi connectivity index (χ1) is 16.8. The van der Waals surface area contributed by atoms with Crippen molar-refractivity contribution < 1.29 is 14.4 Å². The molecule has 0 bridgehead atoms. The summed E-state index contributed by atoms with van der Waals surface area (Å²) >= 11 is 1.28. The fourth-order valence-corrected chi connectivity index (χ4v) is 4.54. The van der Waals surface area contributed by atoms with Crippen molar-refractivity contribution in [3.63, 3.8) is 0 Å². The Labute approximate surface area is 207 Å². The average molecular weight is 485 g/mol. The van der Waals surface area contributed by atoms with Gasteiger partial charge < -0.3 is 5.32 Å². The van der Waals surface area contributed by atoms with Gasteiger partial charge >= 0.3 is 0 Å². The number of benzene rings is 2. The van der Waals surface area contributed by atoms with Crippen molar-refractivity contribution >= 4 is 41.1 Å². The van der Waals surface area contributed by atoms with Crippen LogP contribution in [0.15, 0.2) is 55.2 Å². The first-order valence-electron chi connectivity index (χ1n) is 10.9. The fraction of sp³-hybridized carbons (Fsp3) is 0.148. The largest absolute Gasteiger partial charge is 0.320 e. The highest BCUT2D eigenvalue weighted by atomic mass is 32.1. The van der Waals surface area contributed by atoms with E-state index >= 15 is 0 Å². The average Bonchev–Trinajstić information content (AvgIpc) is 3.48. The Bertz CT molecular complexity index is 1470. The fourth-order valence-electron chi connectivity index (χ4n) is 3.88. The summed E-state index contributed by atoms with van der Waals surface area (Å²) in [6, 6.07) is 13.1. The van der Waals surface area contributed by atoms with Crippen LogP contribution in [-0.4, -0.2) is 32.7 Å². The van der Waals surface area contributed by atoms with E-state index in [1.165, 1.54) is 22.1 Å².